The Morgan fingerprint density at radius 1 is 1.11 bits per heavy atom. The lowest BCUT2D eigenvalue weighted by Gasteiger charge is -2.42. The molecule has 0 spiro atoms. The molecule has 3 aliphatic rings. The highest BCUT2D eigenvalue weighted by Gasteiger charge is 2.41. The summed E-state index contributed by atoms with van der Waals surface area (Å²) >= 11 is 0. The Kier molecular flexibility index (Phi) is 5.88. The second-order valence-corrected chi connectivity index (χ2v) is 10.3. The second-order valence-electron chi connectivity index (χ2n) is 10.3. The van der Waals surface area contributed by atoms with Crippen molar-refractivity contribution in [3.8, 4) is 11.1 Å². The minimum absolute atomic E-state index is 0.0478. The third-order valence-electron chi connectivity index (χ3n) is 7.79. The summed E-state index contributed by atoms with van der Waals surface area (Å²) in [7, 11) is 0. The van der Waals surface area contributed by atoms with Gasteiger partial charge in [-0.3, -0.25) is 4.79 Å². The van der Waals surface area contributed by atoms with Crippen LogP contribution in [0.15, 0.2) is 43.0 Å². The van der Waals surface area contributed by atoms with Crippen LogP contribution >= 0.6 is 0 Å². The van der Waals surface area contributed by atoms with Crippen LogP contribution in [0, 0.1) is 5.92 Å². The fourth-order valence-electron chi connectivity index (χ4n) is 5.63. The van der Waals surface area contributed by atoms with Gasteiger partial charge in [0.25, 0.3) is 0 Å². The van der Waals surface area contributed by atoms with Crippen LogP contribution in [0.2, 0.25) is 0 Å². The average molecular weight is 484 g/mol. The molecule has 36 heavy (non-hydrogen) atoms. The third-order valence-corrected chi connectivity index (χ3v) is 7.79. The van der Waals surface area contributed by atoms with Gasteiger partial charge in [0.15, 0.2) is 5.82 Å². The van der Waals surface area contributed by atoms with Crippen molar-refractivity contribution in [1.29, 1.82) is 0 Å². The molecule has 6 rings (SSSR count). The van der Waals surface area contributed by atoms with Crippen LogP contribution in [0.1, 0.15) is 49.4 Å². The minimum Gasteiger partial charge on any atom is -0.396 e. The van der Waals surface area contributed by atoms with E-state index in [1.807, 2.05) is 23.1 Å². The Bertz CT molecular complexity index is 1330. The van der Waals surface area contributed by atoms with Gasteiger partial charge in [0.1, 0.15) is 0 Å². The van der Waals surface area contributed by atoms with Crippen LogP contribution in [-0.4, -0.2) is 58.2 Å². The van der Waals surface area contributed by atoms with Crippen LogP contribution in [0.5, 0.6) is 0 Å². The van der Waals surface area contributed by atoms with Crippen LogP contribution in [0.3, 0.4) is 0 Å². The summed E-state index contributed by atoms with van der Waals surface area (Å²) in [5.41, 5.74) is 12.4. The van der Waals surface area contributed by atoms with Gasteiger partial charge in [-0.25, -0.2) is 9.97 Å². The zero-order valence-electron chi connectivity index (χ0n) is 20.6. The van der Waals surface area contributed by atoms with Crippen molar-refractivity contribution in [3.63, 3.8) is 0 Å². The van der Waals surface area contributed by atoms with Gasteiger partial charge < -0.3 is 20.6 Å². The van der Waals surface area contributed by atoms with E-state index in [1.54, 1.807) is 6.08 Å². The molecule has 0 radical (unpaired) electrons. The fourth-order valence-corrected chi connectivity index (χ4v) is 5.63. The maximum atomic E-state index is 12.7. The summed E-state index contributed by atoms with van der Waals surface area (Å²) in [6.07, 6.45) is 6.54. The van der Waals surface area contributed by atoms with Crippen molar-refractivity contribution in [2.75, 3.05) is 36.9 Å². The van der Waals surface area contributed by atoms with Crippen LogP contribution < -0.4 is 10.6 Å². The number of aliphatic hydroxyl groups is 1. The third kappa shape index (κ3) is 4.22. The maximum Gasteiger partial charge on any atom is 0.225 e. The topological polar surface area (TPSA) is 95.6 Å². The molecule has 3 N–H and O–H groups in total. The maximum absolute atomic E-state index is 12.7. The number of hydrogen-bond acceptors (Lipinski definition) is 6. The van der Waals surface area contributed by atoms with Gasteiger partial charge >= 0.3 is 0 Å². The predicted molar refractivity (Wildman–Crippen MR) is 144 cm³/mol. The number of rotatable bonds is 7. The number of aliphatic hydroxyl groups excluding tert-OH is 1. The van der Waals surface area contributed by atoms with Gasteiger partial charge in [-0.2, -0.15) is 0 Å². The van der Waals surface area contributed by atoms with Crippen molar-refractivity contribution in [3.05, 3.63) is 54.4 Å². The molecule has 1 saturated heterocycles. The number of pyridine rings is 2. The quantitative estimate of drug-likeness (QED) is 0.523. The lowest BCUT2D eigenvalue weighted by Crippen LogP contribution is -2.56. The molecule has 0 unspecified atom stereocenters. The number of fused-ring (bicyclic) bond motifs is 1. The summed E-state index contributed by atoms with van der Waals surface area (Å²) in [5, 5.41) is 10.4. The van der Waals surface area contributed by atoms with E-state index >= 15 is 0 Å². The smallest absolute Gasteiger partial charge is 0.225 e. The molecule has 1 atom stereocenters. The molecule has 2 saturated carbocycles. The fraction of sp³-hybridized carbons (Fsp3) is 0.414. The van der Waals surface area contributed by atoms with Crippen molar-refractivity contribution in [1.82, 2.24) is 14.9 Å². The highest BCUT2D eigenvalue weighted by Crippen LogP contribution is 2.47. The van der Waals surface area contributed by atoms with Crippen LogP contribution in [-0.2, 0) is 4.79 Å². The first-order valence-corrected chi connectivity index (χ1v) is 13.1. The lowest BCUT2D eigenvalue weighted by atomic mass is 9.96. The molecule has 0 bridgehead atoms. The van der Waals surface area contributed by atoms with Crippen molar-refractivity contribution in [2.45, 2.75) is 44.1 Å². The SMILES string of the molecule is C=Cc1cc(-c2cc(N)c(N3CCN(C(=O)CCO)[C@H](C4CC4)C3)nc2C2CC2)c2ccccc2n1. The van der Waals surface area contributed by atoms with E-state index in [0.29, 0.717) is 30.6 Å². The number of hydrogen-bond donors (Lipinski definition) is 2. The monoisotopic (exact) mass is 483 g/mol. The Balaban J connectivity index is 1.39. The van der Waals surface area contributed by atoms with E-state index in [1.165, 1.54) is 0 Å². The van der Waals surface area contributed by atoms with Gasteiger partial charge in [-0.15, -0.1) is 0 Å². The number of anilines is 2. The normalized spacial score (nSPS) is 20.1. The molecule has 1 aliphatic heterocycles. The number of nitrogens with two attached hydrogens (primary N) is 1. The number of benzene rings is 1. The summed E-state index contributed by atoms with van der Waals surface area (Å²) in [6.45, 7) is 5.91. The summed E-state index contributed by atoms with van der Waals surface area (Å²) < 4.78 is 0. The van der Waals surface area contributed by atoms with E-state index in [0.717, 1.165) is 71.5 Å². The first kappa shape index (κ1) is 23.0. The van der Waals surface area contributed by atoms with Gasteiger partial charge in [0.2, 0.25) is 5.91 Å². The lowest BCUT2D eigenvalue weighted by molar-refractivity contribution is -0.135. The van der Waals surface area contributed by atoms with E-state index in [9.17, 15) is 9.90 Å². The number of piperazine rings is 1. The number of carbonyl (C=O) groups excluding carboxylic acids is 1. The van der Waals surface area contributed by atoms with E-state index < -0.39 is 0 Å². The number of nitrogens with zero attached hydrogens (tertiary/aromatic N) is 4. The number of carbonyl (C=O) groups is 1. The number of amides is 1. The second kappa shape index (κ2) is 9.21. The first-order chi connectivity index (χ1) is 17.6. The molecule has 3 fully saturated rings. The Morgan fingerprint density at radius 2 is 1.92 bits per heavy atom. The molecular formula is C29H33N5O2. The Labute approximate surface area is 211 Å². The van der Waals surface area contributed by atoms with Crippen LogP contribution in [0.25, 0.3) is 28.1 Å². The van der Waals surface area contributed by atoms with Gasteiger partial charge in [-0.1, -0.05) is 24.8 Å². The highest BCUT2D eigenvalue weighted by atomic mass is 16.3. The highest BCUT2D eigenvalue weighted by molar-refractivity contribution is 5.97. The standard InChI is InChI=1S/C29H33N5O2/c1-2-20-15-22(21-5-3-4-6-25(21)31-20)23-16-24(30)29(32-28(23)19-9-10-19)33-12-13-34(27(36)11-14-35)26(17-33)18-7-8-18/h2-6,15-16,18-19,26,35H,1,7-14,17,30H2/t26-/m0/s1. The molecule has 7 nitrogen and oxygen atoms in total. The number of aromatic nitrogens is 2. The zero-order chi connectivity index (χ0) is 24.8. The number of nitrogen functional groups attached to an aromatic ring is 1. The zero-order valence-corrected chi connectivity index (χ0v) is 20.6. The largest absolute Gasteiger partial charge is 0.396 e. The number of para-hydroxylation sites is 1. The summed E-state index contributed by atoms with van der Waals surface area (Å²) in [4.78, 5) is 26.9. The van der Waals surface area contributed by atoms with E-state index in [2.05, 4.69) is 29.7 Å². The predicted octanol–water partition coefficient (Wildman–Crippen LogP) is 4.21. The average Bonchev–Trinajstić information content (AvgIpc) is 3.81. The van der Waals surface area contributed by atoms with E-state index in [-0.39, 0.29) is 25.0 Å². The Hall–Kier alpha value is -3.45. The molecule has 7 heteroatoms. The molecule has 2 aliphatic carbocycles. The van der Waals surface area contributed by atoms with Crippen molar-refractivity contribution < 1.29 is 9.90 Å². The summed E-state index contributed by atoms with van der Waals surface area (Å²) in [5.74, 6) is 1.85. The molecule has 186 valence electrons. The molecule has 2 aromatic heterocycles. The molecular weight excluding hydrogens is 450 g/mol. The van der Waals surface area contributed by atoms with Crippen LogP contribution in [0.4, 0.5) is 11.5 Å². The first-order valence-electron chi connectivity index (χ1n) is 13.1. The van der Waals surface area contributed by atoms with Crippen molar-refractivity contribution in [2.24, 2.45) is 5.92 Å². The van der Waals surface area contributed by atoms with Gasteiger partial charge in [0.05, 0.1) is 35.2 Å². The Morgan fingerprint density at radius 3 is 2.64 bits per heavy atom. The molecule has 1 aromatic carbocycles. The van der Waals surface area contributed by atoms with Gasteiger partial charge in [0, 0.05) is 42.9 Å². The van der Waals surface area contributed by atoms with Crippen molar-refractivity contribution >= 4 is 34.4 Å². The molecule has 3 heterocycles. The molecule has 1 amide bonds. The minimum atomic E-state index is -0.103. The summed E-state index contributed by atoms with van der Waals surface area (Å²) in [6, 6.07) is 12.5. The van der Waals surface area contributed by atoms with E-state index in [4.69, 9.17) is 15.7 Å². The van der Waals surface area contributed by atoms with Gasteiger partial charge in [-0.05, 0) is 61.4 Å². The molecule has 3 aromatic rings.